The van der Waals surface area contributed by atoms with Gasteiger partial charge in [0.05, 0.1) is 6.54 Å². The van der Waals surface area contributed by atoms with Gasteiger partial charge in [-0.25, -0.2) is 4.39 Å². The summed E-state index contributed by atoms with van der Waals surface area (Å²) in [6.45, 7) is 7.15. The van der Waals surface area contributed by atoms with E-state index in [1.807, 2.05) is 13.8 Å². The lowest BCUT2D eigenvalue weighted by molar-refractivity contribution is 0.114. The van der Waals surface area contributed by atoms with Gasteiger partial charge in [0, 0.05) is 26.3 Å². The average molecular weight is 341 g/mol. The molecule has 0 radical (unpaired) electrons. The Morgan fingerprint density at radius 1 is 1.25 bits per heavy atom. The van der Waals surface area contributed by atoms with Crippen molar-refractivity contribution < 1.29 is 19.0 Å². The standard InChI is InChI=1S/C17H28FN3O3/c1-3-19-17(20-10-5-11-23-4-2)21-12-15(22)13-24-16-8-6-14(18)7-9-16/h6-9,15,22H,3-5,10-13H2,1-2H3,(H2,19,20,21). The zero-order valence-electron chi connectivity index (χ0n) is 14.4. The Morgan fingerprint density at radius 2 is 2.00 bits per heavy atom. The van der Waals surface area contributed by atoms with Crippen LogP contribution in [-0.4, -0.2) is 56.6 Å². The summed E-state index contributed by atoms with van der Waals surface area (Å²) < 4.78 is 23.5. The van der Waals surface area contributed by atoms with Gasteiger partial charge in [0.15, 0.2) is 5.96 Å². The van der Waals surface area contributed by atoms with Crippen LogP contribution in [0.5, 0.6) is 5.75 Å². The van der Waals surface area contributed by atoms with E-state index in [0.29, 0.717) is 24.9 Å². The Morgan fingerprint density at radius 3 is 2.67 bits per heavy atom. The Kier molecular flexibility index (Phi) is 10.6. The van der Waals surface area contributed by atoms with Crippen LogP contribution in [0.4, 0.5) is 4.39 Å². The van der Waals surface area contributed by atoms with E-state index >= 15 is 0 Å². The molecule has 1 rings (SSSR count). The summed E-state index contributed by atoms with van der Waals surface area (Å²) in [7, 11) is 0. The Balaban J connectivity index is 2.31. The van der Waals surface area contributed by atoms with Gasteiger partial charge in [0.1, 0.15) is 24.3 Å². The van der Waals surface area contributed by atoms with Crippen LogP contribution in [0.2, 0.25) is 0 Å². The van der Waals surface area contributed by atoms with Crippen LogP contribution in [0, 0.1) is 5.82 Å². The van der Waals surface area contributed by atoms with Crippen LogP contribution in [0.25, 0.3) is 0 Å². The summed E-state index contributed by atoms with van der Waals surface area (Å²) in [5.74, 6) is 0.841. The minimum Gasteiger partial charge on any atom is -0.491 e. The van der Waals surface area contributed by atoms with E-state index in [-0.39, 0.29) is 19.0 Å². The van der Waals surface area contributed by atoms with Crippen LogP contribution >= 0.6 is 0 Å². The van der Waals surface area contributed by atoms with Crippen LogP contribution < -0.4 is 15.4 Å². The first-order valence-corrected chi connectivity index (χ1v) is 8.32. The predicted molar refractivity (Wildman–Crippen MR) is 93.0 cm³/mol. The fraction of sp³-hybridized carbons (Fsp3) is 0.588. The zero-order chi connectivity index (χ0) is 17.6. The number of nitrogens with one attached hydrogen (secondary N) is 2. The molecular formula is C17H28FN3O3. The summed E-state index contributed by atoms with van der Waals surface area (Å²) in [6, 6.07) is 5.68. The zero-order valence-corrected chi connectivity index (χ0v) is 14.4. The first-order chi connectivity index (χ1) is 11.7. The Bertz CT molecular complexity index is 469. The lowest BCUT2D eigenvalue weighted by Crippen LogP contribution is -2.39. The molecule has 6 nitrogen and oxygen atoms in total. The predicted octanol–water partition coefficient (Wildman–Crippen LogP) is 1.55. The Labute approximate surface area is 143 Å². The summed E-state index contributed by atoms with van der Waals surface area (Å²) in [4.78, 5) is 4.32. The minimum atomic E-state index is -0.742. The molecule has 24 heavy (non-hydrogen) atoms. The van der Waals surface area contributed by atoms with Crippen molar-refractivity contribution in [2.75, 3.05) is 39.5 Å². The summed E-state index contributed by atoms with van der Waals surface area (Å²) in [5, 5.41) is 16.2. The van der Waals surface area contributed by atoms with E-state index in [4.69, 9.17) is 9.47 Å². The number of aliphatic hydroxyl groups excluding tert-OH is 1. The molecule has 0 spiro atoms. The van der Waals surface area contributed by atoms with Crippen LogP contribution in [0.15, 0.2) is 29.3 Å². The Hall–Kier alpha value is -1.86. The van der Waals surface area contributed by atoms with Crippen LogP contribution in [0.3, 0.4) is 0 Å². The van der Waals surface area contributed by atoms with Gasteiger partial charge in [0.2, 0.25) is 0 Å². The topological polar surface area (TPSA) is 75.1 Å². The second-order valence-corrected chi connectivity index (χ2v) is 5.12. The highest BCUT2D eigenvalue weighted by atomic mass is 19.1. The fourth-order valence-electron chi connectivity index (χ4n) is 1.84. The molecule has 0 heterocycles. The second-order valence-electron chi connectivity index (χ2n) is 5.12. The van der Waals surface area contributed by atoms with Crippen molar-refractivity contribution in [2.24, 2.45) is 4.99 Å². The maximum Gasteiger partial charge on any atom is 0.191 e. The molecule has 0 bridgehead atoms. The maximum atomic E-state index is 12.8. The number of rotatable bonds is 11. The van der Waals surface area contributed by atoms with E-state index in [0.717, 1.165) is 19.5 Å². The minimum absolute atomic E-state index is 0.0961. The number of guanidine groups is 1. The number of halogens is 1. The smallest absolute Gasteiger partial charge is 0.191 e. The van der Waals surface area contributed by atoms with E-state index in [1.54, 1.807) is 0 Å². The third kappa shape index (κ3) is 9.32. The third-order valence-corrected chi connectivity index (χ3v) is 3.02. The SMILES string of the molecule is CCNC(=NCC(O)COc1ccc(F)cc1)NCCCOCC. The monoisotopic (exact) mass is 341 g/mol. The van der Waals surface area contributed by atoms with E-state index in [1.165, 1.54) is 24.3 Å². The molecule has 0 saturated carbocycles. The van der Waals surface area contributed by atoms with Gasteiger partial charge in [-0.3, -0.25) is 4.99 Å². The van der Waals surface area contributed by atoms with E-state index in [2.05, 4.69) is 15.6 Å². The van der Waals surface area contributed by atoms with Gasteiger partial charge < -0.3 is 25.2 Å². The lowest BCUT2D eigenvalue weighted by Gasteiger charge is -2.14. The van der Waals surface area contributed by atoms with Crippen molar-refractivity contribution in [3.05, 3.63) is 30.1 Å². The number of ether oxygens (including phenoxy) is 2. The molecule has 0 aromatic heterocycles. The summed E-state index contributed by atoms with van der Waals surface area (Å²) in [6.07, 6.45) is 0.142. The molecule has 0 aliphatic carbocycles. The van der Waals surface area contributed by atoms with Gasteiger partial charge in [-0.15, -0.1) is 0 Å². The number of aliphatic hydroxyl groups is 1. The average Bonchev–Trinajstić information content (AvgIpc) is 2.59. The molecule has 7 heteroatoms. The lowest BCUT2D eigenvalue weighted by atomic mass is 10.3. The van der Waals surface area contributed by atoms with Gasteiger partial charge in [0.25, 0.3) is 0 Å². The first-order valence-electron chi connectivity index (χ1n) is 8.32. The molecule has 136 valence electrons. The molecule has 0 aliphatic heterocycles. The van der Waals surface area contributed by atoms with Crippen LogP contribution in [0.1, 0.15) is 20.3 Å². The number of hydrogen-bond donors (Lipinski definition) is 3. The van der Waals surface area contributed by atoms with Gasteiger partial charge in [-0.05, 0) is 44.5 Å². The largest absolute Gasteiger partial charge is 0.491 e. The van der Waals surface area contributed by atoms with Gasteiger partial charge in [-0.2, -0.15) is 0 Å². The first kappa shape index (κ1) is 20.2. The maximum absolute atomic E-state index is 12.8. The molecule has 1 aromatic rings. The normalized spacial score (nSPS) is 12.8. The fourth-order valence-corrected chi connectivity index (χ4v) is 1.84. The van der Waals surface area contributed by atoms with Crippen molar-refractivity contribution >= 4 is 5.96 Å². The highest BCUT2D eigenvalue weighted by Gasteiger charge is 2.06. The number of nitrogens with zero attached hydrogens (tertiary/aromatic N) is 1. The van der Waals surface area contributed by atoms with Crippen molar-refractivity contribution in [3.63, 3.8) is 0 Å². The molecule has 0 aliphatic rings. The molecule has 0 saturated heterocycles. The molecule has 1 atom stereocenters. The van der Waals surface area contributed by atoms with Crippen molar-refractivity contribution in [3.8, 4) is 5.75 Å². The number of hydrogen-bond acceptors (Lipinski definition) is 4. The summed E-state index contributed by atoms with van der Waals surface area (Å²) in [5.41, 5.74) is 0. The van der Waals surface area contributed by atoms with Crippen LogP contribution in [-0.2, 0) is 4.74 Å². The van der Waals surface area contributed by atoms with E-state index < -0.39 is 6.10 Å². The molecular weight excluding hydrogens is 313 g/mol. The second kappa shape index (κ2) is 12.5. The molecule has 1 aromatic carbocycles. The quantitative estimate of drug-likeness (QED) is 0.323. The van der Waals surface area contributed by atoms with Gasteiger partial charge in [-0.1, -0.05) is 0 Å². The number of benzene rings is 1. The molecule has 1 unspecified atom stereocenters. The van der Waals surface area contributed by atoms with Crippen molar-refractivity contribution in [1.82, 2.24) is 10.6 Å². The molecule has 0 fully saturated rings. The van der Waals surface area contributed by atoms with Crippen molar-refractivity contribution in [1.29, 1.82) is 0 Å². The highest BCUT2D eigenvalue weighted by Crippen LogP contribution is 2.11. The molecule has 3 N–H and O–H groups in total. The third-order valence-electron chi connectivity index (χ3n) is 3.02. The van der Waals surface area contributed by atoms with E-state index in [9.17, 15) is 9.50 Å². The van der Waals surface area contributed by atoms with Gasteiger partial charge >= 0.3 is 0 Å². The number of aliphatic imine (C=N–C) groups is 1. The summed E-state index contributed by atoms with van der Waals surface area (Å²) >= 11 is 0. The molecule has 0 amide bonds. The highest BCUT2D eigenvalue weighted by molar-refractivity contribution is 5.79. The van der Waals surface area contributed by atoms with Crippen molar-refractivity contribution in [2.45, 2.75) is 26.4 Å².